The zero-order chi connectivity index (χ0) is 13.7. The summed E-state index contributed by atoms with van der Waals surface area (Å²) in [5.41, 5.74) is 2.22. The summed E-state index contributed by atoms with van der Waals surface area (Å²) < 4.78 is 36.8. The number of rotatable bonds is 5. The second kappa shape index (κ2) is 6.21. The molecule has 1 saturated heterocycles. The molecule has 2 heterocycles. The smallest absolute Gasteiger partial charge is 0.243 e. The van der Waals surface area contributed by atoms with E-state index < -0.39 is 10.0 Å². The van der Waals surface area contributed by atoms with E-state index in [2.05, 4.69) is 20.1 Å². The minimum atomic E-state index is -3.66. The first kappa shape index (κ1) is 14.1. The predicted octanol–water partition coefficient (Wildman–Crippen LogP) is -1.54. The largest absolute Gasteiger partial charge is 0.376 e. The van der Waals surface area contributed by atoms with Gasteiger partial charge in [0.05, 0.1) is 38.3 Å². The van der Waals surface area contributed by atoms with Gasteiger partial charge in [-0.3, -0.25) is 5.43 Å². The van der Waals surface area contributed by atoms with Gasteiger partial charge in [-0.2, -0.15) is 0 Å². The number of nitrogen functional groups attached to an aromatic ring is 1. The fourth-order valence-corrected chi connectivity index (χ4v) is 2.42. The molecule has 0 aliphatic carbocycles. The molecule has 1 aliphatic heterocycles. The molecule has 1 aromatic rings. The molecular formula is C9H15N5O4S. The van der Waals surface area contributed by atoms with Gasteiger partial charge in [0.2, 0.25) is 16.0 Å². The summed E-state index contributed by atoms with van der Waals surface area (Å²) in [6, 6.07) is 0. The molecule has 0 saturated carbocycles. The van der Waals surface area contributed by atoms with Crippen molar-refractivity contribution in [2.24, 2.45) is 5.84 Å². The Labute approximate surface area is 110 Å². The van der Waals surface area contributed by atoms with Crippen LogP contribution in [-0.2, 0) is 19.5 Å². The van der Waals surface area contributed by atoms with Crippen molar-refractivity contribution in [2.45, 2.75) is 11.0 Å². The van der Waals surface area contributed by atoms with Crippen LogP contribution in [0, 0.1) is 0 Å². The number of sulfonamides is 1. The van der Waals surface area contributed by atoms with E-state index >= 15 is 0 Å². The molecular weight excluding hydrogens is 274 g/mol. The van der Waals surface area contributed by atoms with Crippen molar-refractivity contribution in [3.63, 3.8) is 0 Å². The van der Waals surface area contributed by atoms with Gasteiger partial charge in [-0.1, -0.05) is 0 Å². The summed E-state index contributed by atoms with van der Waals surface area (Å²) in [5.74, 6) is 5.24. The van der Waals surface area contributed by atoms with Crippen LogP contribution in [0.25, 0.3) is 0 Å². The van der Waals surface area contributed by atoms with E-state index in [9.17, 15) is 8.42 Å². The molecule has 10 heteroatoms. The molecule has 1 fully saturated rings. The summed E-state index contributed by atoms with van der Waals surface area (Å²) in [5, 5.41) is 0. The standard InChI is InChI=1S/C9H15N5O4S/c10-14-9-11-4-8(5-12-9)19(15,16)13-3-7-6-17-1-2-18-7/h4-5,7,13H,1-3,6,10H2,(H,11,12,14). The molecule has 1 aromatic heterocycles. The van der Waals surface area contributed by atoms with Gasteiger partial charge < -0.3 is 9.47 Å². The quantitative estimate of drug-likeness (QED) is 0.439. The van der Waals surface area contributed by atoms with Gasteiger partial charge in [-0.25, -0.2) is 29.0 Å². The first-order valence-electron chi connectivity index (χ1n) is 5.59. The van der Waals surface area contributed by atoms with E-state index in [1.54, 1.807) is 0 Å². The van der Waals surface area contributed by atoms with Crippen LogP contribution in [-0.4, -0.2) is 50.9 Å². The topological polar surface area (TPSA) is 128 Å². The third-order valence-corrected chi connectivity index (χ3v) is 3.83. The molecule has 1 aliphatic rings. The van der Waals surface area contributed by atoms with Crippen molar-refractivity contribution in [1.82, 2.24) is 14.7 Å². The van der Waals surface area contributed by atoms with E-state index in [0.717, 1.165) is 0 Å². The van der Waals surface area contributed by atoms with Crippen molar-refractivity contribution in [3.8, 4) is 0 Å². The molecule has 19 heavy (non-hydrogen) atoms. The van der Waals surface area contributed by atoms with Crippen LogP contribution < -0.4 is 16.0 Å². The Kier molecular flexibility index (Phi) is 4.61. The normalized spacial score (nSPS) is 20.2. The van der Waals surface area contributed by atoms with Gasteiger partial charge >= 0.3 is 0 Å². The lowest BCUT2D eigenvalue weighted by molar-refractivity contribution is -0.0846. The summed E-state index contributed by atoms with van der Waals surface area (Å²) >= 11 is 0. The Balaban J connectivity index is 1.96. The zero-order valence-electron chi connectivity index (χ0n) is 10.1. The van der Waals surface area contributed by atoms with Crippen LogP contribution in [0.2, 0.25) is 0 Å². The number of nitrogens with one attached hydrogen (secondary N) is 2. The van der Waals surface area contributed by atoms with Gasteiger partial charge in [0.25, 0.3) is 0 Å². The maximum absolute atomic E-state index is 11.9. The number of nitrogens with zero attached hydrogens (tertiary/aromatic N) is 2. The van der Waals surface area contributed by atoms with Crippen molar-refractivity contribution < 1.29 is 17.9 Å². The molecule has 1 atom stereocenters. The maximum atomic E-state index is 11.9. The third-order valence-electron chi connectivity index (χ3n) is 2.45. The first-order valence-corrected chi connectivity index (χ1v) is 7.08. The fraction of sp³-hybridized carbons (Fsp3) is 0.556. The SMILES string of the molecule is NNc1ncc(S(=O)(=O)NCC2COCCO2)cn1. The molecule has 0 spiro atoms. The van der Waals surface area contributed by atoms with Gasteiger partial charge in [0.15, 0.2) is 0 Å². The predicted molar refractivity (Wildman–Crippen MR) is 65.6 cm³/mol. The molecule has 106 valence electrons. The highest BCUT2D eigenvalue weighted by molar-refractivity contribution is 7.89. The molecule has 1 unspecified atom stereocenters. The molecule has 0 bridgehead atoms. The monoisotopic (exact) mass is 289 g/mol. The van der Waals surface area contributed by atoms with Gasteiger partial charge in [0.1, 0.15) is 4.90 Å². The molecule has 0 amide bonds. The van der Waals surface area contributed by atoms with Crippen LogP contribution in [0.5, 0.6) is 0 Å². The number of anilines is 1. The van der Waals surface area contributed by atoms with Gasteiger partial charge in [-0.15, -0.1) is 0 Å². The third kappa shape index (κ3) is 3.81. The van der Waals surface area contributed by atoms with Crippen molar-refractivity contribution in [1.29, 1.82) is 0 Å². The van der Waals surface area contributed by atoms with Crippen molar-refractivity contribution in [2.75, 3.05) is 31.8 Å². The number of aromatic nitrogens is 2. The average molecular weight is 289 g/mol. The Morgan fingerprint density at radius 1 is 1.37 bits per heavy atom. The second-order valence-electron chi connectivity index (χ2n) is 3.81. The Bertz CT molecular complexity index is 500. The van der Waals surface area contributed by atoms with E-state index in [4.69, 9.17) is 15.3 Å². The highest BCUT2D eigenvalue weighted by Crippen LogP contribution is 2.07. The van der Waals surface area contributed by atoms with Crippen molar-refractivity contribution >= 4 is 16.0 Å². The summed E-state index contributed by atoms with van der Waals surface area (Å²) in [6.45, 7) is 1.51. The lowest BCUT2D eigenvalue weighted by Gasteiger charge is -2.22. The lowest BCUT2D eigenvalue weighted by atomic mass is 10.3. The molecule has 9 nitrogen and oxygen atoms in total. The van der Waals surface area contributed by atoms with Crippen LogP contribution in [0.3, 0.4) is 0 Å². The molecule has 4 N–H and O–H groups in total. The van der Waals surface area contributed by atoms with Crippen LogP contribution >= 0.6 is 0 Å². The average Bonchev–Trinajstić information content (AvgIpc) is 2.46. The summed E-state index contributed by atoms with van der Waals surface area (Å²) in [4.78, 5) is 7.43. The lowest BCUT2D eigenvalue weighted by Crippen LogP contribution is -2.39. The van der Waals surface area contributed by atoms with Gasteiger partial charge in [-0.05, 0) is 0 Å². The Morgan fingerprint density at radius 2 is 2.11 bits per heavy atom. The van der Waals surface area contributed by atoms with E-state index in [1.807, 2.05) is 0 Å². The summed E-state index contributed by atoms with van der Waals surface area (Å²) in [7, 11) is -3.66. The number of ether oxygens (including phenoxy) is 2. The molecule has 2 rings (SSSR count). The first-order chi connectivity index (χ1) is 9.12. The Hall–Kier alpha value is -1.33. The fourth-order valence-electron chi connectivity index (χ4n) is 1.47. The molecule has 0 radical (unpaired) electrons. The minimum absolute atomic E-state index is 0.0387. The van der Waals surface area contributed by atoms with E-state index in [-0.39, 0.29) is 23.5 Å². The number of nitrogens with two attached hydrogens (primary N) is 1. The minimum Gasteiger partial charge on any atom is -0.376 e. The highest BCUT2D eigenvalue weighted by atomic mass is 32.2. The van der Waals surface area contributed by atoms with Crippen LogP contribution in [0.1, 0.15) is 0 Å². The number of hydrazine groups is 1. The Morgan fingerprint density at radius 3 is 2.68 bits per heavy atom. The van der Waals surface area contributed by atoms with Crippen LogP contribution in [0.4, 0.5) is 5.95 Å². The van der Waals surface area contributed by atoms with Crippen molar-refractivity contribution in [3.05, 3.63) is 12.4 Å². The van der Waals surface area contributed by atoms with E-state index in [1.165, 1.54) is 12.4 Å². The highest BCUT2D eigenvalue weighted by Gasteiger charge is 2.20. The van der Waals surface area contributed by atoms with Crippen LogP contribution in [0.15, 0.2) is 17.3 Å². The number of hydrogen-bond acceptors (Lipinski definition) is 8. The van der Waals surface area contributed by atoms with E-state index in [0.29, 0.717) is 19.8 Å². The number of hydrogen-bond donors (Lipinski definition) is 3. The zero-order valence-corrected chi connectivity index (χ0v) is 10.9. The summed E-state index contributed by atoms with van der Waals surface area (Å²) in [6.07, 6.45) is 2.06. The second-order valence-corrected chi connectivity index (χ2v) is 5.57. The molecule has 0 aromatic carbocycles. The maximum Gasteiger partial charge on any atom is 0.243 e. The van der Waals surface area contributed by atoms with Gasteiger partial charge in [0, 0.05) is 6.54 Å².